The van der Waals surface area contributed by atoms with Gasteiger partial charge in [0.15, 0.2) is 11.6 Å². The molecule has 2 heterocycles. The maximum atomic E-state index is 13.6. The molecule has 0 amide bonds. The molecule has 0 saturated carbocycles. The molecule has 3 nitrogen and oxygen atoms in total. The highest BCUT2D eigenvalue weighted by Crippen LogP contribution is 2.21. The summed E-state index contributed by atoms with van der Waals surface area (Å²) in [4.78, 5) is 8.01. The number of anilines is 1. The minimum Gasteiger partial charge on any atom is -0.361 e. The van der Waals surface area contributed by atoms with Crippen LogP contribution in [0.5, 0.6) is 0 Å². The van der Waals surface area contributed by atoms with E-state index in [1.54, 1.807) is 18.6 Å². The van der Waals surface area contributed by atoms with Crippen molar-refractivity contribution in [1.82, 2.24) is 9.97 Å². The van der Waals surface area contributed by atoms with Crippen LogP contribution < -0.4 is 5.32 Å². The molecule has 0 spiro atoms. The van der Waals surface area contributed by atoms with Crippen molar-refractivity contribution in [2.24, 2.45) is 0 Å². The predicted octanol–water partition coefficient (Wildman–Crippen LogP) is 3.55. The predicted molar refractivity (Wildman–Crippen MR) is 68.2 cm³/mol. The average Bonchev–Trinajstić information content (AvgIpc) is 2.34. The van der Waals surface area contributed by atoms with Crippen LogP contribution >= 0.6 is 15.9 Å². The summed E-state index contributed by atoms with van der Waals surface area (Å²) in [7, 11) is 0. The van der Waals surface area contributed by atoms with Gasteiger partial charge < -0.3 is 5.32 Å². The summed E-state index contributed by atoms with van der Waals surface area (Å²) in [5, 5.41) is 3.01. The van der Waals surface area contributed by atoms with Gasteiger partial charge in [0.25, 0.3) is 0 Å². The SMILES string of the molecule is CC(Nc1ncc(Br)cc1F)c1cccnc1. The van der Waals surface area contributed by atoms with Crippen molar-refractivity contribution in [3.05, 3.63) is 52.6 Å². The Kier molecular flexibility index (Phi) is 3.68. The molecule has 1 unspecified atom stereocenters. The Balaban J connectivity index is 2.16. The molecule has 88 valence electrons. The lowest BCUT2D eigenvalue weighted by molar-refractivity contribution is 0.620. The third-order valence-corrected chi connectivity index (χ3v) is 2.78. The third-order valence-electron chi connectivity index (χ3n) is 2.35. The molecule has 0 aliphatic heterocycles. The summed E-state index contributed by atoms with van der Waals surface area (Å²) < 4.78 is 14.2. The number of hydrogen-bond donors (Lipinski definition) is 1. The molecule has 0 fully saturated rings. The molecule has 2 rings (SSSR count). The molecular weight excluding hydrogens is 285 g/mol. The number of nitrogens with one attached hydrogen (secondary N) is 1. The summed E-state index contributed by atoms with van der Waals surface area (Å²) in [6.45, 7) is 1.93. The molecule has 0 bridgehead atoms. The van der Waals surface area contributed by atoms with Gasteiger partial charge in [-0.05, 0) is 40.5 Å². The molecule has 5 heteroatoms. The van der Waals surface area contributed by atoms with Crippen LogP contribution in [0.3, 0.4) is 0 Å². The van der Waals surface area contributed by atoms with Crippen LogP contribution in [-0.4, -0.2) is 9.97 Å². The number of rotatable bonds is 3. The van der Waals surface area contributed by atoms with Crippen molar-refractivity contribution >= 4 is 21.7 Å². The van der Waals surface area contributed by atoms with Crippen molar-refractivity contribution in [3.8, 4) is 0 Å². The Morgan fingerprint density at radius 2 is 2.24 bits per heavy atom. The highest BCUT2D eigenvalue weighted by atomic mass is 79.9. The van der Waals surface area contributed by atoms with E-state index in [9.17, 15) is 4.39 Å². The number of halogens is 2. The van der Waals surface area contributed by atoms with Gasteiger partial charge in [0.2, 0.25) is 0 Å². The van der Waals surface area contributed by atoms with Gasteiger partial charge >= 0.3 is 0 Å². The van der Waals surface area contributed by atoms with E-state index in [2.05, 4.69) is 31.2 Å². The monoisotopic (exact) mass is 295 g/mol. The highest BCUT2D eigenvalue weighted by molar-refractivity contribution is 9.10. The molecule has 0 aromatic carbocycles. The molecule has 1 N–H and O–H groups in total. The quantitative estimate of drug-likeness (QED) is 0.941. The van der Waals surface area contributed by atoms with Crippen molar-refractivity contribution in [2.45, 2.75) is 13.0 Å². The minimum atomic E-state index is -0.380. The largest absolute Gasteiger partial charge is 0.361 e. The maximum absolute atomic E-state index is 13.6. The zero-order valence-corrected chi connectivity index (χ0v) is 10.8. The van der Waals surface area contributed by atoms with Crippen LogP contribution in [0, 0.1) is 5.82 Å². The number of nitrogens with zero attached hydrogens (tertiary/aromatic N) is 2. The molecule has 0 aliphatic carbocycles. The summed E-state index contributed by atoms with van der Waals surface area (Å²) in [5.74, 6) is -0.139. The molecule has 0 saturated heterocycles. The molecule has 0 radical (unpaired) electrons. The van der Waals surface area contributed by atoms with Gasteiger partial charge in [-0.15, -0.1) is 0 Å². The van der Waals surface area contributed by atoms with Gasteiger partial charge in [-0.3, -0.25) is 4.98 Å². The van der Waals surface area contributed by atoms with Crippen LogP contribution in [0.25, 0.3) is 0 Å². The fourth-order valence-electron chi connectivity index (χ4n) is 1.44. The second kappa shape index (κ2) is 5.23. The second-order valence-electron chi connectivity index (χ2n) is 3.64. The first-order chi connectivity index (χ1) is 8.16. The van der Waals surface area contributed by atoms with E-state index < -0.39 is 0 Å². The van der Waals surface area contributed by atoms with Gasteiger partial charge in [-0.2, -0.15) is 0 Å². The minimum absolute atomic E-state index is 0.0492. The van der Waals surface area contributed by atoms with E-state index >= 15 is 0 Å². The van der Waals surface area contributed by atoms with E-state index in [0.717, 1.165) is 5.56 Å². The van der Waals surface area contributed by atoms with Crippen LogP contribution in [0.4, 0.5) is 10.2 Å². The molecule has 0 aliphatic rings. The van der Waals surface area contributed by atoms with Crippen molar-refractivity contribution in [2.75, 3.05) is 5.32 Å². The summed E-state index contributed by atoms with van der Waals surface area (Å²) in [6, 6.07) is 5.11. The fourth-order valence-corrected chi connectivity index (χ4v) is 1.74. The molecule has 1 atom stereocenters. The van der Waals surface area contributed by atoms with E-state index in [0.29, 0.717) is 4.47 Å². The van der Waals surface area contributed by atoms with Crippen molar-refractivity contribution in [3.63, 3.8) is 0 Å². The molecule has 2 aromatic rings. The Morgan fingerprint density at radius 3 is 2.88 bits per heavy atom. The van der Waals surface area contributed by atoms with Gasteiger partial charge in [-0.1, -0.05) is 6.07 Å². The first-order valence-corrected chi connectivity index (χ1v) is 5.93. The molecule has 2 aromatic heterocycles. The van der Waals surface area contributed by atoms with Crippen LogP contribution in [0.15, 0.2) is 41.3 Å². The van der Waals surface area contributed by atoms with E-state index in [1.165, 1.54) is 6.07 Å². The third kappa shape index (κ3) is 3.00. The highest BCUT2D eigenvalue weighted by Gasteiger charge is 2.09. The first kappa shape index (κ1) is 12.0. The van der Waals surface area contributed by atoms with Gasteiger partial charge in [0, 0.05) is 23.1 Å². The lowest BCUT2D eigenvalue weighted by atomic mass is 10.1. The number of hydrogen-bond acceptors (Lipinski definition) is 3. The molecule has 17 heavy (non-hydrogen) atoms. The normalized spacial score (nSPS) is 12.2. The second-order valence-corrected chi connectivity index (χ2v) is 4.55. The smallest absolute Gasteiger partial charge is 0.166 e. The first-order valence-electron chi connectivity index (χ1n) is 5.14. The summed E-state index contributed by atoms with van der Waals surface area (Å²) >= 11 is 3.17. The Labute approximate surface area is 107 Å². The Morgan fingerprint density at radius 1 is 1.41 bits per heavy atom. The average molecular weight is 296 g/mol. The van der Waals surface area contributed by atoms with Crippen molar-refractivity contribution in [1.29, 1.82) is 0 Å². The van der Waals surface area contributed by atoms with Crippen LogP contribution in [-0.2, 0) is 0 Å². The van der Waals surface area contributed by atoms with Gasteiger partial charge in [0.05, 0.1) is 6.04 Å². The lowest BCUT2D eigenvalue weighted by Gasteiger charge is -2.14. The Bertz CT molecular complexity index is 504. The van der Waals surface area contributed by atoms with Crippen LogP contribution in [0.1, 0.15) is 18.5 Å². The zero-order valence-electron chi connectivity index (χ0n) is 9.19. The van der Waals surface area contributed by atoms with E-state index in [-0.39, 0.29) is 17.7 Å². The van der Waals surface area contributed by atoms with E-state index in [1.807, 2.05) is 19.1 Å². The fraction of sp³-hybridized carbons (Fsp3) is 0.167. The van der Waals surface area contributed by atoms with Gasteiger partial charge in [-0.25, -0.2) is 9.37 Å². The summed E-state index contributed by atoms with van der Waals surface area (Å²) in [6.07, 6.45) is 5.00. The van der Waals surface area contributed by atoms with Gasteiger partial charge in [0.1, 0.15) is 0 Å². The maximum Gasteiger partial charge on any atom is 0.166 e. The Hall–Kier alpha value is -1.49. The standard InChI is InChI=1S/C12H11BrFN3/c1-8(9-3-2-4-15-6-9)17-12-11(14)5-10(13)7-16-12/h2-8H,1H3,(H,16,17). The van der Waals surface area contributed by atoms with E-state index in [4.69, 9.17) is 0 Å². The topological polar surface area (TPSA) is 37.8 Å². The number of pyridine rings is 2. The molecular formula is C12H11BrFN3. The summed E-state index contributed by atoms with van der Waals surface area (Å²) in [5.41, 5.74) is 0.983. The number of aromatic nitrogens is 2. The zero-order chi connectivity index (χ0) is 12.3. The van der Waals surface area contributed by atoms with Crippen molar-refractivity contribution < 1.29 is 4.39 Å². The lowest BCUT2D eigenvalue weighted by Crippen LogP contribution is -2.09. The van der Waals surface area contributed by atoms with Crippen LogP contribution in [0.2, 0.25) is 0 Å².